The van der Waals surface area contributed by atoms with E-state index in [2.05, 4.69) is 0 Å². The van der Waals surface area contributed by atoms with Crippen molar-refractivity contribution in [2.24, 2.45) is 0 Å². The highest BCUT2D eigenvalue weighted by molar-refractivity contribution is 6.11. The number of hydrogen-bond donors (Lipinski definition) is 2. The second kappa shape index (κ2) is 4.87. The molecule has 4 nitrogen and oxygen atoms in total. The Hall–Kier alpha value is -2.36. The second-order valence-electron chi connectivity index (χ2n) is 3.91. The van der Waals surface area contributed by atoms with E-state index in [0.717, 1.165) is 29.4 Å². The van der Waals surface area contributed by atoms with Gasteiger partial charge in [0.2, 0.25) is 0 Å². The Morgan fingerprint density at radius 3 is 2.83 bits per heavy atom. The molecule has 0 amide bonds. The van der Waals surface area contributed by atoms with Crippen molar-refractivity contribution in [3.8, 4) is 0 Å². The smallest absolute Gasteiger partial charge is 0.337 e. The maximum absolute atomic E-state index is 10.8. The molecule has 0 saturated heterocycles. The van der Waals surface area contributed by atoms with Gasteiger partial charge in [-0.25, -0.2) is 4.79 Å². The summed E-state index contributed by atoms with van der Waals surface area (Å²) in [6.07, 6.45) is 3.09. The maximum Gasteiger partial charge on any atom is 0.337 e. The van der Waals surface area contributed by atoms with Gasteiger partial charge in [0, 0.05) is 18.0 Å². The lowest BCUT2D eigenvalue weighted by molar-refractivity contribution is -0.131. The zero-order chi connectivity index (χ0) is 13.1. The molecule has 4 heteroatoms. The summed E-state index contributed by atoms with van der Waals surface area (Å²) in [5, 5.41) is 16.9. The van der Waals surface area contributed by atoms with E-state index in [1.807, 2.05) is 25.1 Å². The predicted molar refractivity (Wildman–Crippen MR) is 70.0 cm³/mol. The number of hydrogen-bond acceptors (Lipinski definition) is 3. The van der Waals surface area contributed by atoms with Crippen molar-refractivity contribution in [1.82, 2.24) is 0 Å². The summed E-state index contributed by atoms with van der Waals surface area (Å²) < 4.78 is 5.60. The standard InChI is InChI=1S/C14H13NO3/c1-2-12-7-10-4-3-9(6-13(10)18-12)5-11(8-15)14(16)17/h3-8,15H,2H2,1H3,(H,16,17)/b11-5-,15-8?. The van der Waals surface area contributed by atoms with Crippen LogP contribution in [0.25, 0.3) is 17.0 Å². The molecule has 92 valence electrons. The molecule has 0 unspecified atom stereocenters. The van der Waals surface area contributed by atoms with Crippen LogP contribution in [0.2, 0.25) is 0 Å². The lowest BCUT2D eigenvalue weighted by Gasteiger charge is -1.96. The summed E-state index contributed by atoms with van der Waals surface area (Å²) in [6, 6.07) is 7.44. The first-order valence-corrected chi connectivity index (χ1v) is 5.62. The molecule has 0 fully saturated rings. The molecule has 1 aromatic carbocycles. The van der Waals surface area contributed by atoms with Crippen LogP contribution in [0.15, 0.2) is 34.3 Å². The topological polar surface area (TPSA) is 74.3 Å². The Labute approximate surface area is 104 Å². The molecule has 2 rings (SSSR count). The van der Waals surface area contributed by atoms with Crippen molar-refractivity contribution in [1.29, 1.82) is 5.41 Å². The highest BCUT2D eigenvalue weighted by atomic mass is 16.4. The van der Waals surface area contributed by atoms with Gasteiger partial charge in [0.1, 0.15) is 11.3 Å². The van der Waals surface area contributed by atoms with E-state index >= 15 is 0 Å². The van der Waals surface area contributed by atoms with Gasteiger partial charge in [-0.05, 0) is 23.8 Å². The molecule has 1 heterocycles. The largest absolute Gasteiger partial charge is 0.478 e. The fourth-order valence-corrected chi connectivity index (χ4v) is 1.71. The van der Waals surface area contributed by atoms with Gasteiger partial charge in [0.15, 0.2) is 0 Å². The summed E-state index contributed by atoms with van der Waals surface area (Å²) >= 11 is 0. The monoisotopic (exact) mass is 243 g/mol. The fraction of sp³-hybridized carbons (Fsp3) is 0.143. The molecule has 0 radical (unpaired) electrons. The molecule has 0 bridgehead atoms. The third-order valence-corrected chi connectivity index (χ3v) is 2.67. The summed E-state index contributed by atoms with van der Waals surface area (Å²) in [5.41, 5.74) is 1.38. The number of nitrogens with one attached hydrogen (secondary N) is 1. The predicted octanol–water partition coefficient (Wildman–Crippen LogP) is 3.11. The number of fused-ring (bicyclic) bond motifs is 1. The van der Waals surface area contributed by atoms with Crippen LogP contribution in [-0.2, 0) is 11.2 Å². The van der Waals surface area contributed by atoms with E-state index in [1.54, 1.807) is 6.07 Å². The zero-order valence-corrected chi connectivity index (χ0v) is 9.93. The van der Waals surface area contributed by atoms with Gasteiger partial charge in [-0.2, -0.15) is 0 Å². The molecule has 0 atom stereocenters. The van der Waals surface area contributed by atoms with Crippen LogP contribution in [0.4, 0.5) is 0 Å². The molecule has 0 saturated carbocycles. The average Bonchev–Trinajstić information content (AvgIpc) is 2.77. The Kier molecular flexibility index (Phi) is 3.28. The Morgan fingerprint density at radius 1 is 1.44 bits per heavy atom. The third-order valence-electron chi connectivity index (χ3n) is 2.67. The third kappa shape index (κ3) is 2.32. The average molecular weight is 243 g/mol. The van der Waals surface area contributed by atoms with E-state index in [0.29, 0.717) is 5.56 Å². The Morgan fingerprint density at radius 2 is 2.22 bits per heavy atom. The second-order valence-corrected chi connectivity index (χ2v) is 3.91. The van der Waals surface area contributed by atoms with Gasteiger partial charge in [-0.1, -0.05) is 19.1 Å². The van der Waals surface area contributed by atoms with E-state index in [4.69, 9.17) is 14.9 Å². The molecule has 1 aromatic heterocycles. The molecular formula is C14H13NO3. The summed E-state index contributed by atoms with van der Waals surface area (Å²) in [5.74, 6) is -0.213. The SMILES string of the molecule is CCc1cc2ccc(/C=C(/C=N)C(=O)O)cc2o1. The van der Waals surface area contributed by atoms with Crippen molar-refractivity contribution < 1.29 is 14.3 Å². The number of aliphatic carboxylic acids is 1. The molecule has 0 spiro atoms. The van der Waals surface area contributed by atoms with Crippen LogP contribution in [0.1, 0.15) is 18.2 Å². The van der Waals surface area contributed by atoms with Crippen molar-refractivity contribution in [2.75, 3.05) is 0 Å². The van der Waals surface area contributed by atoms with Crippen LogP contribution >= 0.6 is 0 Å². The normalized spacial score (nSPS) is 11.7. The summed E-state index contributed by atoms with van der Waals surface area (Å²) in [6.45, 7) is 2.01. The molecule has 18 heavy (non-hydrogen) atoms. The lowest BCUT2D eigenvalue weighted by Crippen LogP contribution is -2.00. The molecule has 2 N–H and O–H groups in total. The van der Waals surface area contributed by atoms with Crippen molar-refractivity contribution in [2.45, 2.75) is 13.3 Å². The first-order valence-electron chi connectivity index (χ1n) is 5.62. The minimum absolute atomic E-state index is 0.0587. The lowest BCUT2D eigenvalue weighted by atomic mass is 10.1. The van der Waals surface area contributed by atoms with Crippen LogP contribution in [-0.4, -0.2) is 17.3 Å². The highest BCUT2D eigenvalue weighted by Gasteiger charge is 2.06. The highest BCUT2D eigenvalue weighted by Crippen LogP contribution is 2.22. The van der Waals surface area contributed by atoms with Gasteiger partial charge < -0.3 is 14.9 Å². The van der Waals surface area contributed by atoms with Gasteiger partial charge in [-0.3, -0.25) is 0 Å². The number of furan rings is 1. The van der Waals surface area contributed by atoms with Gasteiger partial charge >= 0.3 is 5.97 Å². The zero-order valence-electron chi connectivity index (χ0n) is 9.93. The van der Waals surface area contributed by atoms with Crippen molar-refractivity contribution in [3.05, 3.63) is 41.2 Å². The molecule has 0 aliphatic heterocycles. The van der Waals surface area contributed by atoms with E-state index in [1.165, 1.54) is 6.08 Å². The summed E-state index contributed by atoms with van der Waals surface area (Å²) in [7, 11) is 0. The van der Waals surface area contributed by atoms with Crippen molar-refractivity contribution >= 4 is 29.2 Å². The van der Waals surface area contributed by atoms with Gasteiger partial charge in [0.25, 0.3) is 0 Å². The van der Waals surface area contributed by atoms with E-state index < -0.39 is 5.97 Å². The molecule has 0 aliphatic carbocycles. The minimum Gasteiger partial charge on any atom is -0.478 e. The van der Waals surface area contributed by atoms with E-state index in [-0.39, 0.29) is 5.57 Å². The minimum atomic E-state index is -1.11. The first-order chi connectivity index (χ1) is 8.63. The number of carboxylic acids is 1. The van der Waals surface area contributed by atoms with Crippen LogP contribution in [0.5, 0.6) is 0 Å². The number of carbonyl (C=O) groups is 1. The molecule has 0 aliphatic rings. The van der Waals surface area contributed by atoms with Gasteiger partial charge in [-0.15, -0.1) is 0 Å². The number of aryl methyl sites for hydroxylation is 1. The van der Waals surface area contributed by atoms with Gasteiger partial charge in [0.05, 0.1) is 5.57 Å². The maximum atomic E-state index is 10.8. The van der Waals surface area contributed by atoms with Crippen molar-refractivity contribution in [3.63, 3.8) is 0 Å². The van der Waals surface area contributed by atoms with Crippen LogP contribution in [0.3, 0.4) is 0 Å². The molecular weight excluding hydrogens is 230 g/mol. The summed E-state index contributed by atoms with van der Waals surface area (Å²) in [4.78, 5) is 10.8. The number of benzene rings is 1. The van der Waals surface area contributed by atoms with Crippen LogP contribution in [0, 0.1) is 5.41 Å². The fourth-order valence-electron chi connectivity index (χ4n) is 1.71. The molecule has 2 aromatic rings. The number of rotatable bonds is 4. The first kappa shape index (κ1) is 12.1. The van der Waals surface area contributed by atoms with E-state index in [9.17, 15) is 4.79 Å². The number of carboxylic acid groups (broad SMARTS) is 1. The Balaban J connectivity index is 2.46. The Bertz CT molecular complexity index is 638. The quantitative estimate of drug-likeness (QED) is 0.640. The van der Waals surface area contributed by atoms with Crippen LogP contribution < -0.4 is 0 Å².